The number of ether oxygens (including phenoxy) is 1. The van der Waals surface area contributed by atoms with Gasteiger partial charge in [-0.3, -0.25) is 0 Å². The van der Waals surface area contributed by atoms with Gasteiger partial charge in [0.25, 0.3) is 0 Å². The zero-order chi connectivity index (χ0) is 17.6. The van der Waals surface area contributed by atoms with Crippen molar-refractivity contribution in [2.75, 3.05) is 7.11 Å². The Bertz CT molecular complexity index is 849. The molecule has 0 aliphatic heterocycles. The van der Waals surface area contributed by atoms with Gasteiger partial charge < -0.3 is 13.8 Å². The van der Waals surface area contributed by atoms with E-state index in [1.165, 1.54) is 5.57 Å². The number of hydrogen-bond acceptors (Lipinski definition) is 5. The Kier molecular flexibility index (Phi) is 5.40. The monoisotopic (exact) mass is 338 g/mol. The van der Waals surface area contributed by atoms with Crippen LogP contribution >= 0.6 is 0 Å². The minimum absolute atomic E-state index is 0.338. The van der Waals surface area contributed by atoms with Crippen molar-refractivity contribution in [3.63, 3.8) is 0 Å². The first kappa shape index (κ1) is 17.1. The molecule has 0 unspecified atom stereocenters. The van der Waals surface area contributed by atoms with Crippen LogP contribution in [0.5, 0.6) is 0 Å². The molecule has 0 atom stereocenters. The molecular weight excluding hydrogens is 316 g/mol. The topological polar surface area (TPSA) is 66.0 Å². The van der Waals surface area contributed by atoms with Crippen molar-refractivity contribution >= 4 is 5.57 Å². The number of rotatable bonds is 7. The van der Waals surface area contributed by atoms with E-state index in [9.17, 15) is 0 Å². The molecule has 0 bridgehead atoms. The average molecular weight is 338 g/mol. The second-order valence-corrected chi connectivity index (χ2v) is 5.77. The highest BCUT2D eigenvalue weighted by atomic mass is 16.5. The third-order valence-electron chi connectivity index (χ3n) is 3.86. The van der Waals surface area contributed by atoms with E-state index in [4.69, 9.17) is 9.26 Å². The van der Waals surface area contributed by atoms with Crippen LogP contribution in [0.2, 0.25) is 0 Å². The molecule has 0 radical (unpaired) electrons. The van der Waals surface area contributed by atoms with Gasteiger partial charge in [0, 0.05) is 12.7 Å². The average Bonchev–Trinajstić information content (AvgIpc) is 3.24. The Labute approximate surface area is 147 Å². The molecule has 0 amide bonds. The summed E-state index contributed by atoms with van der Waals surface area (Å²) in [6, 6.07) is 10.2. The molecule has 3 aromatic rings. The van der Waals surface area contributed by atoms with Crippen molar-refractivity contribution in [3.05, 3.63) is 60.1 Å². The molecule has 2 aromatic heterocycles. The van der Waals surface area contributed by atoms with E-state index in [2.05, 4.69) is 47.2 Å². The summed E-state index contributed by atoms with van der Waals surface area (Å²) in [7, 11) is 1.61. The highest BCUT2D eigenvalue weighted by molar-refractivity contribution is 5.76. The maximum atomic E-state index is 5.32. The van der Waals surface area contributed by atoms with Crippen LogP contribution in [0.4, 0.5) is 0 Å². The highest BCUT2D eigenvalue weighted by Crippen LogP contribution is 2.28. The predicted molar refractivity (Wildman–Crippen MR) is 95.7 cm³/mol. The van der Waals surface area contributed by atoms with Gasteiger partial charge >= 0.3 is 0 Å². The van der Waals surface area contributed by atoms with Gasteiger partial charge in [-0.15, -0.1) is 0 Å². The Morgan fingerprint density at radius 2 is 2.08 bits per heavy atom. The van der Waals surface area contributed by atoms with Crippen molar-refractivity contribution in [3.8, 4) is 11.3 Å². The van der Waals surface area contributed by atoms with E-state index in [-0.39, 0.29) is 0 Å². The summed E-state index contributed by atoms with van der Waals surface area (Å²) in [4.78, 5) is 8.99. The second-order valence-electron chi connectivity index (χ2n) is 5.77. The van der Waals surface area contributed by atoms with Gasteiger partial charge in [0.05, 0.1) is 17.7 Å². The Balaban J connectivity index is 1.98. The largest absolute Gasteiger partial charge is 0.377 e. The molecule has 0 spiro atoms. The molecule has 3 rings (SSSR count). The summed E-state index contributed by atoms with van der Waals surface area (Å²) in [6.45, 7) is 5.04. The van der Waals surface area contributed by atoms with Gasteiger partial charge in [-0.2, -0.15) is 4.98 Å². The highest BCUT2D eigenvalue weighted by Gasteiger charge is 2.16. The standard InChI is InChI=1S/C19H22N4O2/c1-4-8-14(2)19-18(15-9-6-5-7-10-15)20-13-23(19)11-17-21-16(12-24-3)22-25-17/h5-10,13H,4,11-12H2,1-3H3. The SMILES string of the molecule is CCC=C(C)c1c(-c2ccccc2)ncn1Cc1nc(COC)no1. The van der Waals surface area contributed by atoms with Crippen LogP contribution in [0.15, 0.2) is 47.3 Å². The van der Waals surface area contributed by atoms with Crippen LogP contribution in [0.1, 0.15) is 37.7 Å². The lowest BCUT2D eigenvalue weighted by molar-refractivity contribution is 0.174. The molecular formula is C19H22N4O2. The predicted octanol–water partition coefficient (Wildman–Crippen LogP) is 3.94. The van der Waals surface area contributed by atoms with E-state index in [1.807, 2.05) is 29.1 Å². The van der Waals surface area contributed by atoms with Crippen LogP contribution in [-0.4, -0.2) is 26.8 Å². The Morgan fingerprint density at radius 1 is 1.28 bits per heavy atom. The summed E-state index contributed by atoms with van der Waals surface area (Å²) in [5, 5.41) is 3.92. The van der Waals surface area contributed by atoms with Gasteiger partial charge in [-0.05, 0) is 18.9 Å². The number of allylic oxidation sites excluding steroid dienone is 2. The minimum Gasteiger partial charge on any atom is -0.377 e. The molecule has 0 aliphatic rings. The Hall–Kier alpha value is -2.73. The molecule has 25 heavy (non-hydrogen) atoms. The Morgan fingerprint density at radius 3 is 2.80 bits per heavy atom. The zero-order valence-corrected chi connectivity index (χ0v) is 14.8. The van der Waals surface area contributed by atoms with Gasteiger partial charge in [-0.1, -0.05) is 48.5 Å². The molecule has 0 N–H and O–H groups in total. The van der Waals surface area contributed by atoms with Crippen molar-refractivity contribution < 1.29 is 9.26 Å². The van der Waals surface area contributed by atoms with Crippen molar-refractivity contribution in [2.24, 2.45) is 0 Å². The number of hydrogen-bond donors (Lipinski definition) is 0. The number of nitrogens with zero attached hydrogens (tertiary/aromatic N) is 4. The molecule has 130 valence electrons. The molecule has 1 aromatic carbocycles. The van der Waals surface area contributed by atoms with E-state index < -0.39 is 0 Å². The van der Waals surface area contributed by atoms with E-state index in [0.29, 0.717) is 24.9 Å². The normalized spacial score (nSPS) is 11.9. The lowest BCUT2D eigenvalue weighted by Crippen LogP contribution is -2.03. The summed E-state index contributed by atoms with van der Waals surface area (Å²) in [5.74, 6) is 1.08. The van der Waals surface area contributed by atoms with Crippen molar-refractivity contribution in [1.29, 1.82) is 0 Å². The van der Waals surface area contributed by atoms with Crippen molar-refractivity contribution in [1.82, 2.24) is 19.7 Å². The number of methoxy groups -OCH3 is 1. The van der Waals surface area contributed by atoms with Gasteiger partial charge in [-0.25, -0.2) is 4.98 Å². The second kappa shape index (κ2) is 7.90. The lowest BCUT2D eigenvalue weighted by Gasteiger charge is -2.09. The number of imidazole rings is 1. The summed E-state index contributed by atoms with van der Waals surface area (Å²) >= 11 is 0. The first-order valence-corrected chi connectivity index (χ1v) is 8.31. The fourth-order valence-electron chi connectivity index (χ4n) is 2.81. The lowest BCUT2D eigenvalue weighted by atomic mass is 10.1. The fourth-order valence-corrected chi connectivity index (χ4v) is 2.81. The third-order valence-corrected chi connectivity index (χ3v) is 3.86. The van der Waals surface area contributed by atoms with E-state index in [0.717, 1.165) is 23.4 Å². The maximum absolute atomic E-state index is 5.32. The molecule has 0 aliphatic carbocycles. The molecule has 0 saturated heterocycles. The number of benzene rings is 1. The van der Waals surface area contributed by atoms with Crippen LogP contribution in [-0.2, 0) is 17.9 Å². The minimum atomic E-state index is 0.338. The van der Waals surface area contributed by atoms with E-state index >= 15 is 0 Å². The summed E-state index contributed by atoms with van der Waals surface area (Å²) in [5.41, 5.74) is 4.29. The molecule has 0 fully saturated rings. The maximum Gasteiger partial charge on any atom is 0.246 e. The van der Waals surface area contributed by atoms with Gasteiger partial charge in [0.1, 0.15) is 13.2 Å². The van der Waals surface area contributed by atoms with Crippen LogP contribution in [0, 0.1) is 0 Å². The zero-order valence-electron chi connectivity index (χ0n) is 14.8. The molecule has 0 saturated carbocycles. The first-order valence-electron chi connectivity index (χ1n) is 8.31. The van der Waals surface area contributed by atoms with Crippen LogP contribution < -0.4 is 0 Å². The quantitative estimate of drug-likeness (QED) is 0.653. The van der Waals surface area contributed by atoms with Crippen LogP contribution in [0.25, 0.3) is 16.8 Å². The summed E-state index contributed by atoms with van der Waals surface area (Å²) < 4.78 is 12.4. The van der Waals surface area contributed by atoms with Crippen LogP contribution in [0.3, 0.4) is 0 Å². The molecule has 2 heterocycles. The summed E-state index contributed by atoms with van der Waals surface area (Å²) in [6.07, 6.45) is 4.98. The smallest absolute Gasteiger partial charge is 0.246 e. The van der Waals surface area contributed by atoms with Gasteiger partial charge in [0.2, 0.25) is 5.89 Å². The molecule has 6 nitrogen and oxygen atoms in total. The van der Waals surface area contributed by atoms with E-state index in [1.54, 1.807) is 7.11 Å². The number of aromatic nitrogens is 4. The third kappa shape index (κ3) is 3.85. The van der Waals surface area contributed by atoms with Crippen molar-refractivity contribution in [2.45, 2.75) is 33.4 Å². The first-order chi connectivity index (χ1) is 12.2. The molecule has 6 heteroatoms. The fraction of sp³-hybridized carbons (Fsp3) is 0.316. The van der Waals surface area contributed by atoms with Gasteiger partial charge in [0.15, 0.2) is 5.82 Å².